The summed E-state index contributed by atoms with van der Waals surface area (Å²) in [5.74, 6) is -0.602. The van der Waals surface area contributed by atoms with Gasteiger partial charge in [0.25, 0.3) is 0 Å². The van der Waals surface area contributed by atoms with E-state index in [0.717, 1.165) is 0 Å². The third kappa shape index (κ3) is 4.29. The Labute approximate surface area is 160 Å². The Morgan fingerprint density at radius 2 is 1.89 bits per heavy atom. The summed E-state index contributed by atoms with van der Waals surface area (Å²) >= 11 is 0. The molecule has 9 nitrogen and oxygen atoms in total. The molecule has 1 fully saturated rings. The minimum atomic E-state index is -1.58. The number of pyridine rings is 1. The quantitative estimate of drug-likeness (QED) is 0.406. The number of aliphatic hydroxyl groups is 4. The van der Waals surface area contributed by atoms with E-state index in [1.54, 1.807) is 24.4 Å². The molecule has 9 heteroatoms. The average molecular weight is 391 g/mol. The summed E-state index contributed by atoms with van der Waals surface area (Å²) < 4.78 is 10.7. The number of nitrogens with zero attached hydrogens (tertiary/aromatic N) is 1. The predicted molar refractivity (Wildman–Crippen MR) is 94.8 cm³/mol. The van der Waals surface area contributed by atoms with Gasteiger partial charge in [0.15, 0.2) is 5.78 Å². The summed E-state index contributed by atoms with van der Waals surface area (Å²) in [4.78, 5) is 16.4. The standard InChI is InChI=1S/C19H21NO8/c21-9-15-16(24)17(25)18(26)19(28-15)27-11-4-5-12(14(23)8-11)13(22)7-10-3-1-2-6-20-10/h1-6,8,15-19,21,23-26H,7,9H2/t15-,16+,17+,18+,19-/m0/s1. The molecule has 3 rings (SSSR count). The SMILES string of the molecule is O=C(Cc1ccccn1)c1ccc(O[C@H]2O[C@@H](CO)[C@@H](O)[C@@H](O)[C@H]2O)cc1O. The number of benzene rings is 1. The van der Waals surface area contributed by atoms with Gasteiger partial charge in [-0.15, -0.1) is 0 Å². The van der Waals surface area contributed by atoms with Crippen molar-refractivity contribution in [3.05, 3.63) is 53.9 Å². The van der Waals surface area contributed by atoms with Crippen LogP contribution in [0.5, 0.6) is 11.5 Å². The number of Topliss-reactive ketones (excluding diaryl/α,β-unsaturated/α-hetero) is 1. The van der Waals surface area contributed by atoms with Crippen molar-refractivity contribution in [3.8, 4) is 11.5 Å². The number of aromatic hydroxyl groups is 1. The van der Waals surface area contributed by atoms with E-state index in [-0.39, 0.29) is 29.3 Å². The minimum Gasteiger partial charge on any atom is -0.507 e. The molecule has 1 aliphatic heterocycles. The number of carbonyl (C=O) groups is 1. The number of hydrogen-bond donors (Lipinski definition) is 5. The summed E-state index contributed by atoms with van der Waals surface area (Å²) in [6, 6.07) is 9.12. The Bertz CT molecular complexity index is 813. The van der Waals surface area contributed by atoms with Crippen molar-refractivity contribution in [2.45, 2.75) is 37.1 Å². The Hall–Kier alpha value is -2.56. The number of carbonyl (C=O) groups excluding carboxylic acids is 1. The van der Waals surface area contributed by atoms with Crippen LogP contribution in [0, 0.1) is 0 Å². The summed E-state index contributed by atoms with van der Waals surface area (Å²) in [5.41, 5.74) is 0.639. The topological polar surface area (TPSA) is 150 Å². The van der Waals surface area contributed by atoms with E-state index >= 15 is 0 Å². The van der Waals surface area contributed by atoms with E-state index in [0.29, 0.717) is 5.69 Å². The molecule has 5 atom stereocenters. The lowest BCUT2D eigenvalue weighted by atomic mass is 9.99. The fraction of sp³-hybridized carbons (Fsp3) is 0.368. The van der Waals surface area contributed by atoms with E-state index in [9.17, 15) is 30.3 Å². The maximum Gasteiger partial charge on any atom is 0.229 e. The van der Waals surface area contributed by atoms with Gasteiger partial charge < -0.3 is 35.0 Å². The minimum absolute atomic E-state index is 0.0152. The molecule has 28 heavy (non-hydrogen) atoms. The maximum absolute atomic E-state index is 12.4. The molecule has 0 unspecified atom stereocenters. The van der Waals surface area contributed by atoms with Crippen LogP contribution in [0.2, 0.25) is 0 Å². The van der Waals surface area contributed by atoms with Crippen LogP contribution in [-0.2, 0) is 11.2 Å². The van der Waals surface area contributed by atoms with Crippen molar-refractivity contribution in [1.82, 2.24) is 4.98 Å². The molecular weight excluding hydrogens is 370 g/mol. The van der Waals surface area contributed by atoms with Crippen molar-refractivity contribution in [3.63, 3.8) is 0 Å². The first-order chi connectivity index (χ1) is 13.4. The van der Waals surface area contributed by atoms with Crippen molar-refractivity contribution < 1.29 is 39.8 Å². The Balaban J connectivity index is 1.71. The van der Waals surface area contributed by atoms with Crippen LogP contribution in [0.1, 0.15) is 16.1 Å². The molecule has 1 aromatic carbocycles. The zero-order valence-corrected chi connectivity index (χ0v) is 14.8. The van der Waals surface area contributed by atoms with Gasteiger partial charge in [0.2, 0.25) is 6.29 Å². The van der Waals surface area contributed by atoms with Crippen molar-refractivity contribution in [2.75, 3.05) is 6.61 Å². The molecule has 0 spiro atoms. The van der Waals surface area contributed by atoms with Gasteiger partial charge in [0, 0.05) is 18.0 Å². The van der Waals surface area contributed by atoms with Crippen molar-refractivity contribution >= 4 is 5.78 Å². The fourth-order valence-corrected chi connectivity index (χ4v) is 2.88. The number of aromatic nitrogens is 1. The molecule has 1 saturated heterocycles. The number of phenolic OH excluding ortho intramolecular Hbond substituents is 1. The highest BCUT2D eigenvalue weighted by Gasteiger charge is 2.44. The maximum atomic E-state index is 12.4. The largest absolute Gasteiger partial charge is 0.507 e. The van der Waals surface area contributed by atoms with Gasteiger partial charge >= 0.3 is 0 Å². The Kier molecular flexibility index (Phi) is 6.22. The van der Waals surface area contributed by atoms with Crippen LogP contribution in [-0.4, -0.2) is 73.6 Å². The Morgan fingerprint density at radius 3 is 2.54 bits per heavy atom. The van der Waals surface area contributed by atoms with Gasteiger partial charge in [-0.2, -0.15) is 0 Å². The Morgan fingerprint density at radius 1 is 1.11 bits per heavy atom. The third-order valence-electron chi connectivity index (χ3n) is 4.44. The van der Waals surface area contributed by atoms with E-state index in [2.05, 4.69) is 4.98 Å². The number of ether oxygens (including phenoxy) is 2. The lowest BCUT2D eigenvalue weighted by molar-refractivity contribution is -0.277. The highest BCUT2D eigenvalue weighted by molar-refractivity contribution is 5.99. The van der Waals surface area contributed by atoms with Gasteiger partial charge in [0.1, 0.15) is 35.9 Å². The molecule has 0 saturated carbocycles. The van der Waals surface area contributed by atoms with Crippen LogP contribution < -0.4 is 4.74 Å². The van der Waals surface area contributed by atoms with E-state index in [1.165, 1.54) is 18.2 Å². The van der Waals surface area contributed by atoms with Crippen molar-refractivity contribution in [2.24, 2.45) is 0 Å². The number of phenols is 1. The van der Waals surface area contributed by atoms with Crippen LogP contribution >= 0.6 is 0 Å². The second-order valence-electron chi connectivity index (χ2n) is 6.42. The number of hydrogen-bond acceptors (Lipinski definition) is 9. The van der Waals surface area contributed by atoms with Gasteiger partial charge in [-0.3, -0.25) is 9.78 Å². The van der Waals surface area contributed by atoms with E-state index in [1.807, 2.05) is 0 Å². The van der Waals surface area contributed by atoms with Crippen LogP contribution in [0.4, 0.5) is 0 Å². The molecule has 1 aromatic heterocycles. The van der Waals surface area contributed by atoms with Gasteiger partial charge in [-0.1, -0.05) is 6.07 Å². The number of rotatable bonds is 6. The molecule has 0 aliphatic carbocycles. The monoisotopic (exact) mass is 391 g/mol. The van der Waals surface area contributed by atoms with Crippen molar-refractivity contribution in [1.29, 1.82) is 0 Å². The van der Waals surface area contributed by atoms with Crippen LogP contribution in [0.3, 0.4) is 0 Å². The lowest BCUT2D eigenvalue weighted by Crippen LogP contribution is -2.60. The first kappa shape index (κ1) is 20.2. The number of aliphatic hydroxyl groups excluding tert-OH is 4. The lowest BCUT2D eigenvalue weighted by Gasteiger charge is -2.39. The summed E-state index contributed by atoms with van der Waals surface area (Å²) in [6.07, 6.45) is -5.57. The van der Waals surface area contributed by atoms with Gasteiger partial charge in [-0.05, 0) is 24.3 Å². The summed E-state index contributed by atoms with van der Waals surface area (Å²) in [7, 11) is 0. The zero-order chi connectivity index (χ0) is 20.3. The molecule has 5 N–H and O–H groups in total. The predicted octanol–water partition coefficient (Wildman–Crippen LogP) is -0.609. The normalized spacial score (nSPS) is 27.4. The third-order valence-corrected chi connectivity index (χ3v) is 4.44. The summed E-state index contributed by atoms with van der Waals surface area (Å²) in [6.45, 7) is -0.586. The summed E-state index contributed by atoms with van der Waals surface area (Å²) in [5, 5.41) is 48.9. The molecule has 2 aromatic rings. The molecule has 0 amide bonds. The molecule has 0 bridgehead atoms. The van der Waals surface area contributed by atoms with Gasteiger partial charge in [0.05, 0.1) is 18.6 Å². The molecular formula is C19H21NO8. The first-order valence-corrected chi connectivity index (χ1v) is 8.64. The smallest absolute Gasteiger partial charge is 0.229 e. The molecule has 1 aliphatic rings. The second-order valence-corrected chi connectivity index (χ2v) is 6.42. The molecule has 0 radical (unpaired) electrons. The second kappa shape index (κ2) is 8.63. The highest BCUT2D eigenvalue weighted by atomic mass is 16.7. The fourth-order valence-electron chi connectivity index (χ4n) is 2.88. The molecule has 2 heterocycles. The average Bonchev–Trinajstić information content (AvgIpc) is 2.69. The molecule has 150 valence electrons. The van der Waals surface area contributed by atoms with E-state index < -0.39 is 37.3 Å². The van der Waals surface area contributed by atoms with Crippen LogP contribution in [0.15, 0.2) is 42.6 Å². The van der Waals surface area contributed by atoms with Crippen LogP contribution in [0.25, 0.3) is 0 Å². The number of ketones is 1. The highest BCUT2D eigenvalue weighted by Crippen LogP contribution is 2.28. The van der Waals surface area contributed by atoms with Gasteiger partial charge in [-0.25, -0.2) is 0 Å². The van der Waals surface area contributed by atoms with E-state index in [4.69, 9.17) is 9.47 Å². The first-order valence-electron chi connectivity index (χ1n) is 8.64. The zero-order valence-electron chi connectivity index (χ0n) is 14.8.